The van der Waals surface area contributed by atoms with Gasteiger partial charge in [-0.3, -0.25) is 0 Å². The summed E-state index contributed by atoms with van der Waals surface area (Å²) in [5.41, 5.74) is 7.95. The van der Waals surface area contributed by atoms with Gasteiger partial charge < -0.3 is 5.73 Å². The van der Waals surface area contributed by atoms with Crippen LogP contribution >= 0.6 is 0 Å². The summed E-state index contributed by atoms with van der Waals surface area (Å²) in [6.07, 6.45) is 1.18. The molecule has 0 aliphatic heterocycles. The van der Waals surface area contributed by atoms with Gasteiger partial charge in [-0.05, 0) is 47.9 Å². The fourth-order valence-corrected chi connectivity index (χ4v) is 1.96. The third-order valence-corrected chi connectivity index (χ3v) is 2.83. The van der Waals surface area contributed by atoms with Crippen LogP contribution in [0.15, 0.2) is 42.5 Å². The number of hydrogen-bond acceptors (Lipinski definition) is 1. The molecular weight excluding hydrogens is 232 g/mol. The summed E-state index contributed by atoms with van der Waals surface area (Å²) >= 11 is 0. The van der Waals surface area contributed by atoms with E-state index < -0.39 is 5.82 Å². The molecule has 2 N–H and O–H groups in total. The molecule has 0 radical (unpaired) electrons. The van der Waals surface area contributed by atoms with Gasteiger partial charge in [0, 0.05) is 6.42 Å². The number of benzene rings is 2. The molecule has 0 amide bonds. The SMILES string of the molecule is NCCc1cccc(Cc2cc(F)ccc2F)c1. The van der Waals surface area contributed by atoms with E-state index in [0.29, 0.717) is 18.5 Å². The van der Waals surface area contributed by atoms with Crippen LogP contribution in [0.3, 0.4) is 0 Å². The molecule has 2 aromatic rings. The second kappa shape index (κ2) is 5.74. The van der Waals surface area contributed by atoms with Crippen LogP contribution in [-0.4, -0.2) is 6.54 Å². The van der Waals surface area contributed by atoms with Crippen LogP contribution in [0.1, 0.15) is 16.7 Å². The van der Waals surface area contributed by atoms with Gasteiger partial charge in [-0.1, -0.05) is 24.3 Å². The topological polar surface area (TPSA) is 26.0 Å². The van der Waals surface area contributed by atoms with Gasteiger partial charge in [0.25, 0.3) is 0 Å². The maximum absolute atomic E-state index is 13.5. The van der Waals surface area contributed by atoms with Crippen molar-refractivity contribution in [3.63, 3.8) is 0 Å². The lowest BCUT2D eigenvalue weighted by atomic mass is 10.0. The molecule has 0 aliphatic rings. The van der Waals surface area contributed by atoms with Crippen molar-refractivity contribution < 1.29 is 8.78 Å². The monoisotopic (exact) mass is 247 g/mol. The van der Waals surface area contributed by atoms with E-state index in [4.69, 9.17) is 5.73 Å². The van der Waals surface area contributed by atoms with Crippen LogP contribution in [-0.2, 0) is 12.8 Å². The average Bonchev–Trinajstić information content (AvgIpc) is 2.35. The van der Waals surface area contributed by atoms with Crippen LogP contribution in [0.5, 0.6) is 0 Å². The van der Waals surface area contributed by atoms with Crippen LogP contribution in [0.25, 0.3) is 0 Å². The van der Waals surface area contributed by atoms with Crippen molar-refractivity contribution in [3.05, 3.63) is 70.8 Å². The Kier molecular flexibility index (Phi) is 4.05. The molecule has 0 spiro atoms. The zero-order valence-corrected chi connectivity index (χ0v) is 10.00. The molecule has 2 rings (SSSR count). The number of hydrogen-bond donors (Lipinski definition) is 1. The quantitative estimate of drug-likeness (QED) is 0.883. The van der Waals surface area contributed by atoms with Gasteiger partial charge in [0.15, 0.2) is 0 Å². The molecule has 0 aromatic heterocycles. The van der Waals surface area contributed by atoms with Gasteiger partial charge in [-0.15, -0.1) is 0 Å². The number of rotatable bonds is 4. The lowest BCUT2D eigenvalue weighted by Gasteiger charge is -2.06. The minimum atomic E-state index is -0.412. The van der Waals surface area contributed by atoms with Gasteiger partial charge in [0.05, 0.1) is 0 Å². The molecule has 0 bridgehead atoms. The second-order valence-corrected chi connectivity index (χ2v) is 4.27. The number of halogens is 2. The first kappa shape index (κ1) is 12.7. The van der Waals surface area contributed by atoms with E-state index in [1.807, 2.05) is 24.3 Å². The van der Waals surface area contributed by atoms with Crippen LogP contribution < -0.4 is 5.73 Å². The molecule has 3 heteroatoms. The van der Waals surface area contributed by atoms with Gasteiger partial charge in [-0.2, -0.15) is 0 Å². The molecule has 0 heterocycles. The molecule has 94 valence electrons. The van der Waals surface area contributed by atoms with Crippen molar-refractivity contribution >= 4 is 0 Å². The molecule has 1 nitrogen and oxygen atoms in total. The van der Waals surface area contributed by atoms with Crippen LogP contribution in [0.2, 0.25) is 0 Å². The summed E-state index contributed by atoms with van der Waals surface area (Å²) in [6.45, 7) is 0.581. The average molecular weight is 247 g/mol. The Morgan fingerprint density at radius 2 is 1.72 bits per heavy atom. The Bertz CT molecular complexity index is 538. The third-order valence-electron chi connectivity index (χ3n) is 2.83. The normalized spacial score (nSPS) is 10.6. The Hall–Kier alpha value is -1.74. The van der Waals surface area contributed by atoms with Crippen LogP contribution in [0.4, 0.5) is 8.78 Å². The fraction of sp³-hybridized carbons (Fsp3) is 0.200. The predicted molar refractivity (Wildman–Crippen MR) is 68.4 cm³/mol. The molecule has 0 saturated heterocycles. The van der Waals surface area contributed by atoms with Gasteiger partial charge in [-0.25, -0.2) is 8.78 Å². The van der Waals surface area contributed by atoms with Crippen molar-refractivity contribution in [2.45, 2.75) is 12.8 Å². The Labute approximate surface area is 105 Å². The summed E-state index contributed by atoms with van der Waals surface area (Å²) < 4.78 is 26.6. The smallest absolute Gasteiger partial charge is 0.126 e. The van der Waals surface area contributed by atoms with E-state index in [9.17, 15) is 8.78 Å². The van der Waals surface area contributed by atoms with Gasteiger partial charge >= 0.3 is 0 Å². The second-order valence-electron chi connectivity index (χ2n) is 4.27. The van der Waals surface area contributed by atoms with E-state index in [-0.39, 0.29) is 5.82 Å². The molecular formula is C15H15F2N. The summed E-state index contributed by atoms with van der Waals surface area (Å²) in [7, 11) is 0. The molecule has 0 fully saturated rings. The van der Waals surface area contributed by atoms with Gasteiger partial charge in [0.1, 0.15) is 11.6 Å². The highest BCUT2D eigenvalue weighted by atomic mass is 19.1. The van der Waals surface area contributed by atoms with E-state index >= 15 is 0 Å². The maximum atomic E-state index is 13.5. The minimum Gasteiger partial charge on any atom is -0.330 e. The van der Waals surface area contributed by atoms with E-state index in [1.165, 1.54) is 6.07 Å². The highest BCUT2D eigenvalue weighted by Gasteiger charge is 2.05. The van der Waals surface area contributed by atoms with Crippen molar-refractivity contribution in [1.29, 1.82) is 0 Å². The Morgan fingerprint density at radius 1 is 0.944 bits per heavy atom. The van der Waals surface area contributed by atoms with E-state index in [2.05, 4.69) is 0 Å². The first-order valence-corrected chi connectivity index (χ1v) is 5.91. The Balaban J connectivity index is 2.22. The van der Waals surface area contributed by atoms with Crippen molar-refractivity contribution in [3.8, 4) is 0 Å². The molecule has 0 saturated carbocycles. The first-order chi connectivity index (χ1) is 8.69. The van der Waals surface area contributed by atoms with E-state index in [1.54, 1.807) is 0 Å². The van der Waals surface area contributed by atoms with Crippen molar-refractivity contribution in [1.82, 2.24) is 0 Å². The predicted octanol–water partition coefficient (Wildman–Crippen LogP) is 3.06. The zero-order chi connectivity index (χ0) is 13.0. The standard InChI is InChI=1S/C15H15F2N/c16-14-4-5-15(17)13(10-14)9-12-3-1-2-11(8-12)6-7-18/h1-5,8,10H,6-7,9,18H2. The highest BCUT2D eigenvalue weighted by Crippen LogP contribution is 2.16. The summed E-state index contributed by atoms with van der Waals surface area (Å²) in [4.78, 5) is 0. The number of nitrogens with two attached hydrogens (primary N) is 1. The largest absolute Gasteiger partial charge is 0.330 e. The van der Waals surface area contributed by atoms with E-state index in [0.717, 1.165) is 29.7 Å². The third kappa shape index (κ3) is 3.14. The lowest BCUT2D eigenvalue weighted by molar-refractivity contribution is 0.588. The maximum Gasteiger partial charge on any atom is 0.126 e. The van der Waals surface area contributed by atoms with Crippen molar-refractivity contribution in [2.24, 2.45) is 5.73 Å². The molecule has 0 atom stereocenters. The van der Waals surface area contributed by atoms with Crippen molar-refractivity contribution in [2.75, 3.05) is 6.54 Å². The molecule has 18 heavy (non-hydrogen) atoms. The molecule has 0 unspecified atom stereocenters. The first-order valence-electron chi connectivity index (χ1n) is 5.91. The fourth-order valence-electron chi connectivity index (χ4n) is 1.96. The minimum absolute atomic E-state index is 0.374. The highest BCUT2D eigenvalue weighted by molar-refractivity contribution is 5.30. The Morgan fingerprint density at radius 3 is 2.50 bits per heavy atom. The molecule has 2 aromatic carbocycles. The summed E-state index contributed by atoms with van der Waals surface area (Å²) in [5.74, 6) is -0.787. The molecule has 0 aliphatic carbocycles. The van der Waals surface area contributed by atoms with Gasteiger partial charge in [0.2, 0.25) is 0 Å². The zero-order valence-electron chi connectivity index (χ0n) is 10.00. The summed E-state index contributed by atoms with van der Waals surface area (Å²) in [6, 6.07) is 11.3. The van der Waals surface area contributed by atoms with Crippen LogP contribution in [0, 0.1) is 11.6 Å². The summed E-state index contributed by atoms with van der Waals surface area (Å²) in [5, 5.41) is 0. The lowest BCUT2D eigenvalue weighted by Crippen LogP contribution is -2.03.